The molecule has 1 N–H and O–H groups in total. The standard InChI is InChI=1S/C22H30FN3O3/c1-3-5-6-7-8-24-9-11-26(12-10-24)20-14-19-16(13-18(20)23)21(27)17(22(28)29)15-25(19)4-2/h13-15H,3-12H2,1-2H3,(H,28,29). The number of benzene rings is 1. The first-order chi connectivity index (χ1) is 14.0. The number of aromatic carboxylic acids is 1. The van der Waals surface area contributed by atoms with E-state index in [0.717, 1.165) is 32.7 Å². The Hall–Kier alpha value is -2.41. The zero-order chi connectivity index (χ0) is 21.0. The summed E-state index contributed by atoms with van der Waals surface area (Å²) in [5, 5.41) is 9.38. The molecular formula is C22H30FN3O3. The Morgan fingerprint density at radius 2 is 1.83 bits per heavy atom. The Morgan fingerprint density at radius 3 is 2.45 bits per heavy atom. The SMILES string of the molecule is CCCCCCN1CCN(c2cc3c(cc2F)c(=O)c(C(=O)O)cn3CC)CC1. The lowest BCUT2D eigenvalue weighted by atomic mass is 10.1. The Labute approximate surface area is 170 Å². The lowest BCUT2D eigenvalue weighted by molar-refractivity contribution is 0.0695. The van der Waals surface area contributed by atoms with Crippen LogP contribution in [0.2, 0.25) is 0 Å². The third kappa shape index (κ3) is 4.61. The molecule has 1 saturated heterocycles. The summed E-state index contributed by atoms with van der Waals surface area (Å²) in [4.78, 5) is 28.3. The lowest BCUT2D eigenvalue weighted by Gasteiger charge is -2.36. The predicted octanol–water partition coefficient (Wildman–Crippen LogP) is 3.56. The van der Waals surface area contributed by atoms with Crippen molar-refractivity contribution in [2.24, 2.45) is 0 Å². The monoisotopic (exact) mass is 403 g/mol. The quantitative estimate of drug-likeness (QED) is 0.683. The smallest absolute Gasteiger partial charge is 0.341 e. The molecule has 1 aromatic heterocycles. The lowest BCUT2D eigenvalue weighted by Crippen LogP contribution is -2.47. The van der Waals surface area contributed by atoms with Gasteiger partial charge in [-0.1, -0.05) is 26.2 Å². The number of hydrogen-bond acceptors (Lipinski definition) is 4. The first-order valence-electron chi connectivity index (χ1n) is 10.5. The Bertz CT molecular complexity index is 933. The minimum Gasteiger partial charge on any atom is -0.477 e. The number of aromatic nitrogens is 1. The first-order valence-corrected chi connectivity index (χ1v) is 10.5. The van der Waals surface area contributed by atoms with Crippen LogP contribution >= 0.6 is 0 Å². The minimum absolute atomic E-state index is 0.113. The number of fused-ring (bicyclic) bond motifs is 1. The fourth-order valence-electron chi connectivity index (χ4n) is 4.03. The van der Waals surface area contributed by atoms with Crippen LogP contribution in [-0.4, -0.2) is 53.3 Å². The molecule has 158 valence electrons. The molecule has 0 aliphatic carbocycles. The molecule has 0 radical (unpaired) electrons. The van der Waals surface area contributed by atoms with Gasteiger partial charge in [-0.05, 0) is 32.0 Å². The van der Waals surface area contributed by atoms with Gasteiger partial charge in [-0.2, -0.15) is 0 Å². The van der Waals surface area contributed by atoms with Crippen LogP contribution in [0, 0.1) is 5.82 Å². The average Bonchev–Trinajstić information content (AvgIpc) is 2.72. The summed E-state index contributed by atoms with van der Waals surface area (Å²) >= 11 is 0. The molecule has 7 heteroatoms. The molecule has 0 atom stereocenters. The van der Waals surface area contributed by atoms with Crippen molar-refractivity contribution < 1.29 is 14.3 Å². The van der Waals surface area contributed by atoms with E-state index in [1.54, 1.807) is 10.6 Å². The van der Waals surface area contributed by atoms with E-state index < -0.39 is 17.2 Å². The van der Waals surface area contributed by atoms with Crippen molar-refractivity contribution in [1.82, 2.24) is 9.47 Å². The van der Waals surface area contributed by atoms with Gasteiger partial charge in [0.25, 0.3) is 0 Å². The summed E-state index contributed by atoms with van der Waals surface area (Å²) in [6.07, 6.45) is 6.30. The number of halogens is 1. The fourth-order valence-corrected chi connectivity index (χ4v) is 4.03. The van der Waals surface area contributed by atoms with Crippen LogP contribution in [-0.2, 0) is 6.54 Å². The molecule has 6 nitrogen and oxygen atoms in total. The number of unbranched alkanes of at least 4 members (excludes halogenated alkanes) is 3. The number of nitrogens with zero attached hydrogens (tertiary/aromatic N) is 3. The van der Waals surface area contributed by atoms with Crippen LogP contribution in [0.25, 0.3) is 10.9 Å². The van der Waals surface area contributed by atoms with E-state index in [-0.39, 0.29) is 10.9 Å². The summed E-state index contributed by atoms with van der Waals surface area (Å²) in [5.41, 5.74) is 0.0800. The summed E-state index contributed by atoms with van der Waals surface area (Å²) in [6.45, 7) is 8.91. The van der Waals surface area contributed by atoms with E-state index in [1.165, 1.54) is 37.9 Å². The molecule has 0 unspecified atom stereocenters. The van der Waals surface area contributed by atoms with Gasteiger partial charge in [0.05, 0.1) is 11.2 Å². The van der Waals surface area contributed by atoms with Crippen LogP contribution in [0.1, 0.15) is 49.9 Å². The maximum Gasteiger partial charge on any atom is 0.341 e. The number of rotatable bonds is 8. The Kier molecular flexibility index (Phi) is 6.90. The van der Waals surface area contributed by atoms with Crippen LogP contribution in [0.5, 0.6) is 0 Å². The zero-order valence-corrected chi connectivity index (χ0v) is 17.3. The van der Waals surface area contributed by atoms with Gasteiger partial charge < -0.3 is 14.6 Å². The van der Waals surface area contributed by atoms with E-state index in [0.29, 0.717) is 17.7 Å². The third-order valence-corrected chi connectivity index (χ3v) is 5.76. The van der Waals surface area contributed by atoms with Gasteiger partial charge >= 0.3 is 5.97 Å². The van der Waals surface area contributed by atoms with Crippen LogP contribution in [0.4, 0.5) is 10.1 Å². The first kappa shape index (κ1) is 21.3. The molecule has 1 aromatic carbocycles. The number of anilines is 1. The molecule has 0 amide bonds. The number of hydrogen-bond donors (Lipinski definition) is 1. The molecular weight excluding hydrogens is 373 g/mol. The van der Waals surface area contributed by atoms with Gasteiger partial charge in [-0.3, -0.25) is 9.69 Å². The number of pyridine rings is 1. The van der Waals surface area contributed by atoms with Crippen molar-refractivity contribution in [2.75, 3.05) is 37.6 Å². The van der Waals surface area contributed by atoms with Crippen molar-refractivity contribution in [3.8, 4) is 0 Å². The second-order valence-corrected chi connectivity index (χ2v) is 7.67. The van der Waals surface area contributed by atoms with Gasteiger partial charge in [-0.25, -0.2) is 9.18 Å². The molecule has 3 rings (SSSR count). The Morgan fingerprint density at radius 1 is 1.10 bits per heavy atom. The highest BCUT2D eigenvalue weighted by atomic mass is 19.1. The molecule has 0 bridgehead atoms. The summed E-state index contributed by atoms with van der Waals surface area (Å²) < 4.78 is 16.6. The molecule has 1 fully saturated rings. The largest absolute Gasteiger partial charge is 0.477 e. The zero-order valence-electron chi connectivity index (χ0n) is 17.3. The highest BCUT2D eigenvalue weighted by Crippen LogP contribution is 2.26. The topological polar surface area (TPSA) is 65.8 Å². The van der Waals surface area contributed by atoms with Gasteiger partial charge in [0.15, 0.2) is 0 Å². The molecule has 0 spiro atoms. The summed E-state index contributed by atoms with van der Waals surface area (Å²) in [7, 11) is 0. The van der Waals surface area contributed by atoms with Crippen LogP contribution < -0.4 is 10.3 Å². The highest BCUT2D eigenvalue weighted by molar-refractivity contribution is 5.93. The van der Waals surface area contributed by atoms with E-state index >= 15 is 0 Å². The normalized spacial score (nSPS) is 15.2. The second-order valence-electron chi connectivity index (χ2n) is 7.67. The van der Waals surface area contributed by atoms with Crippen molar-refractivity contribution in [1.29, 1.82) is 0 Å². The number of carbonyl (C=O) groups is 1. The third-order valence-electron chi connectivity index (χ3n) is 5.76. The van der Waals surface area contributed by atoms with Crippen molar-refractivity contribution in [3.63, 3.8) is 0 Å². The predicted molar refractivity (Wildman–Crippen MR) is 114 cm³/mol. The fraction of sp³-hybridized carbons (Fsp3) is 0.545. The maximum absolute atomic E-state index is 14.9. The van der Waals surface area contributed by atoms with Crippen molar-refractivity contribution in [2.45, 2.75) is 46.1 Å². The minimum atomic E-state index is -1.29. The molecule has 1 aliphatic heterocycles. The molecule has 2 heterocycles. The van der Waals surface area contributed by atoms with E-state index in [2.05, 4.69) is 11.8 Å². The van der Waals surface area contributed by atoms with E-state index in [1.807, 2.05) is 11.8 Å². The number of carboxylic acids is 1. The molecule has 29 heavy (non-hydrogen) atoms. The van der Waals surface area contributed by atoms with Crippen molar-refractivity contribution in [3.05, 3.63) is 39.9 Å². The Balaban J connectivity index is 1.82. The van der Waals surface area contributed by atoms with E-state index in [4.69, 9.17) is 0 Å². The molecule has 1 aliphatic rings. The van der Waals surface area contributed by atoms with E-state index in [9.17, 15) is 19.1 Å². The highest BCUT2D eigenvalue weighted by Gasteiger charge is 2.22. The molecule has 0 saturated carbocycles. The van der Waals surface area contributed by atoms with Gasteiger partial charge in [-0.15, -0.1) is 0 Å². The number of piperazine rings is 1. The summed E-state index contributed by atoms with van der Waals surface area (Å²) in [6, 6.07) is 2.89. The summed E-state index contributed by atoms with van der Waals surface area (Å²) in [5.74, 6) is -1.77. The maximum atomic E-state index is 14.9. The van der Waals surface area contributed by atoms with Crippen LogP contribution in [0.15, 0.2) is 23.1 Å². The van der Waals surface area contributed by atoms with Gasteiger partial charge in [0, 0.05) is 44.3 Å². The molecule has 2 aromatic rings. The number of carboxylic acid groups (broad SMARTS) is 1. The second kappa shape index (κ2) is 9.39. The average molecular weight is 403 g/mol. The number of aryl methyl sites for hydroxylation is 1. The van der Waals surface area contributed by atoms with Crippen LogP contribution in [0.3, 0.4) is 0 Å². The van der Waals surface area contributed by atoms with Gasteiger partial charge in [0.1, 0.15) is 11.4 Å². The van der Waals surface area contributed by atoms with Crippen molar-refractivity contribution >= 4 is 22.6 Å². The van der Waals surface area contributed by atoms with Gasteiger partial charge in [0.2, 0.25) is 5.43 Å².